The van der Waals surface area contributed by atoms with Gasteiger partial charge in [0.25, 0.3) is 5.78 Å². The van der Waals surface area contributed by atoms with Crippen molar-refractivity contribution in [3.8, 4) is 6.07 Å². The number of para-hydroxylation sites is 1. The van der Waals surface area contributed by atoms with Crippen LogP contribution in [0.4, 0.5) is 0 Å². The molecule has 0 bridgehead atoms. The summed E-state index contributed by atoms with van der Waals surface area (Å²) in [5.41, 5.74) is 0.958. The Morgan fingerprint density at radius 2 is 2.15 bits per heavy atom. The van der Waals surface area contributed by atoms with E-state index in [4.69, 9.17) is 9.68 Å². The van der Waals surface area contributed by atoms with Crippen molar-refractivity contribution in [2.75, 3.05) is 0 Å². The van der Waals surface area contributed by atoms with Crippen molar-refractivity contribution in [1.82, 2.24) is 0 Å². The summed E-state index contributed by atoms with van der Waals surface area (Å²) in [5.74, 6) is -0.565. The van der Waals surface area contributed by atoms with E-state index in [9.17, 15) is 4.79 Å². The second kappa shape index (κ2) is 2.76. The van der Waals surface area contributed by atoms with E-state index in [2.05, 4.69) is 0 Å². The van der Waals surface area contributed by atoms with Crippen molar-refractivity contribution in [2.24, 2.45) is 0 Å². The molecule has 1 aromatic carbocycles. The highest BCUT2D eigenvalue weighted by Gasteiger charge is 2.11. The molecule has 3 nitrogen and oxygen atoms in total. The Morgan fingerprint density at radius 1 is 1.38 bits per heavy atom. The molecule has 0 N–H and O–H groups in total. The van der Waals surface area contributed by atoms with Gasteiger partial charge in [0.15, 0.2) is 0 Å². The van der Waals surface area contributed by atoms with Gasteiger partial charge in [0.1, 0.15) is 17.9 Å². The number of ketones is 1. The quantitative estimate of drug-likeness (QED) is 0.487. The molecule has 2 rings (SSSR count). The molecule has 0 saturated carbocycles. The van der Waals surface area contributed by atoms with Gasteiger partial charge in [-0.25, -0.2) is 0 Å². The average molecular weight is 171 g/mol. The number of hydrogen-bond acceptors (Lipinski definition) is 3. The topological polar surface area (TPSA) is 54.0 Å². The number of nitriles is 1. The summed E-state index contributed by atoms with van der Waals surface area (Å²) >= 11 is 0. The molecule has 1 heterocycles. The highest BCUT2D eigenvalue weighted by molar-refractivity contribution is 6.14. The normalized spacial score (nSPS) is 9.77. The van der Waals surface area contributed by atoms with Crippen molar-refractivity contribution in [1.29, 1.82) is 5.26 Å². The van der Waals surface area contributed by atoms with Gasteiger partial charge < -0.3 is 4.42 Å². The summed E-state index contributed by atoms with van der Waals surface area (Å²) < 4.78 is 5.10. The van der Waals surface area contributed by atoms with Gasteiger partial charge in [-0.05, 0) is 6.07 Å². The van der Waals surface area contributed by atoms with Crippen molar-refractivity contribution >= 4 is 16.8 Å². The van der Waals surface area contributed by atoms with Crippen molar-refractivity contribution in [2.45, 2.75) is 0 Å². The Labute approximate surface area is 74.2 Å². The second-order valence-electron chi connectivity index (χ2n) is 2.59. The fourth-order valence-corrected chi connectivity index (χ4v) is 1.21. The third-order valence-corrected chi connectivity index (χ3v) is 1.83. The lowest BCUT2D eigenvalue weighted by Crippen LogP contribution is -1.91. The Morgan fingerprint density at radius 3 is 2.92 bits per heavy atom. The molecule has 2 aromatic rings. The van der Waals surface area contributed by atoms with Crippen molar-refractivity contribution in [3.63, 3.8) is 0 Å². The van der Waals surface area contributed by atoms with E-state index >= 15 is 0 Å². The summed E-state index contributed by atoms with van der Waals surface area (Å²) in [4.78, 5) is 11.1. The standard InChI is InChI=1S/C10H5NO2/c11-5-9(12)8-6-13-10-4-2-1-3-7(8)10/h1-4,6H. The van der Waals surface area contributed by atoms with Crippen LogP contribution < -0.4 is 0 Å². The number of Topliss-reactive ketones (excluding diaryl/α,β-unsaturated/α-hetero) is 1. The van der Waals surface area contributed by atoms with Crippen molar-refractivity contribution < 1.29 is 9.21 Å². The molecule has 0 radical (unpaired) electrons. The zero-order chi connectivity index (χ0) is 9.26. The van der Waals surface area contributed by atoms with E-state index < -0.39 is 5.78 Å². The first-order chi connectivity index (χ1) is 6.33. The molecule has 62 valence electrons. The smallest absolute Gasteiger partial charge is 0.266 e. The van der Waals surface area contributed by atoms with Crippen LogP contribution in [0.5, 0.6) is 0 Å². The van der Waals surface area contributed by atoms with Crippen LogP contribution in [0.2, 0.25) is 0 Å². The van der Waals surface area contributed by atoms with E-state index in [0.717, 1.165) is 0 Å². The first-order valence-corrected chi connectivity index (χ1v) is 3.73. The Balaban J connectivity index is 2.73. The van der Waals surface area contributed by atoms with Crippen LogP contribution in [-0.2, 0) is 0 Å². The van der Waals surface area contributed by atoms with Crippen LogP contribution in [0.15, 0.2) is 34.9 Å². The highest BCUT2D eigenvalue weighted by atomic mass is 16.3. The van der Waals surface area contributed by atoms with E-state index in [1.165, 1.54) is 6.26 Å². The first kappa shape index (κ1) is 7.56. The maximum absolute atomic E-state index is 11.1. The van der Waals surface area contributed by atoms with Gasteiger partial charge in [-0.3, -0.25) is 4.79 Å². The summed E-state index contributed by atoms with van der Waals surface area (Å²) in [6, 6.07) is 8.68. The number of carbonyl (C=O) groups excluding carboxylic acids is 1. The van der Waals surface area contributed by atoms with E-state index in [1.54, 1.807) is 24.3 Å². The zero-order valence-corrected chi connectivity index (χ0v) is 6.65. The van der Waals surface area contributed by atoms with Gasteiger partial charge in [-0.15, -0.1) is 0 Å². The number of rotatable bonds is 1. The third-order valence-electron chi connectivity index (χ3n) is 1.83. The van der Waals surface area contributed by atoms with E-state index in [-0.39, 0.29) is 0 Å². The van der Waals surface area contributed by atoms with Gasteiger partial charge >= 0.3 is 0 Å². The molecule has 0 spiro atoms. The summed E-state index contributed by atoms with van der Waals surface area (Å²) in [6.45, 7) is 0. The first-order valence-electron chi connectivity index (χ1n) is 3.73. The van der Waals surface area contributed by atoms with Gasteiger partial charge in [0.2, 0.25) is 0 Å². The van der Waals surface area contributed by atoms with Gasteiger partial charge in [-0.2, -0.15) is 5.26 Å². The van der Waals surface area contributed by atoms with Gasteiger partial charge in [0.05, 0.1) is 5.56 Å². The second-order valence-corrected chi connectivity index (χ2v) is 2.59. The van der Waals surface area contributed by atoms with Crippen LogP contribution in [0, 0.1) is 11.3 Å². The molecule has 0 amide bonds. The summed E-state index contributed by atoms with van der Waals surface area (Å²) in [6.07, 6.45) is 1.32. The van der Waals surface area contributed by atoms with E-state index in [0.29, 0.717) is 16.5 Å². The van der Waals surface area contributed by atoms with E-state index in [1.807, 2.05) is 6.07 Å². The minimum Gasteiger partial charge on any atom is -0.464 e. The molecule has 0 aliphatic carbocycles. The maximum Gasteiger partial charge on any atom is 0.266 e. The number of furan rings is 1. The predicted molar refractivity (Wildman–Crippen MR) is 46.2 cm³/mol. The monoisotopic (exact) mass is 171 g/mol. The predicted octanol–water partition coefficient (Wildman–Crippen LogP) is 2.14. The molecule has 13 heavy (non-hydrogen) atoms. The lowest BCUT2D eigenvalue weighted by Gasteiger charge is -1.86. The molecule has 0 fully saturated rings. The Kier molecular flexibility index (Phi) is 1.60. The molecule has 3 heteroatoms. The minimum absolute atomic E-state index is 0.332. The summed E-state index contributed by atoms with van der Waals surface area (Å²) in [7, 11) is 0. The molecular formula is C10H5NO2. The van der Waals surface area contributed by atoms with Crippen LogP contribution >= 0.6 is 0 Å². The third kappa shape index (κ3) is 1.09. The highest BCUT2D eigenvalue weighted by Crippen LogP contribution is 2.20. The lowest BCUT2D eigenvalue weighted by atomic mass is 10.1. The van der Waals surface area contributed by atoms with Crippen LogP contribution in [-0.4, -0.2) is 5.78 Å². The molecule has 0 atom stereocenters. The molecular weight excluding hydrogens is 166 g/mol. The number of benzene rings is 1. The Bertz CT molecular complexity index is 505. The lowest BCUT2D eigenvalue weighted by molar-refractivity contribution is 0.105. The molecule has 0 aliphatic rings. The zero-order valence-electron chi connectivity index (χ0n) is 6.65. The minimum atomic E-state index is -0.565. The van der Waals surface area contributed by atoms with Gasteiger partial charge in [0, 0.05) is 5.39 Å². The largest absolute Gasteiger partial charge is 0.464 e. The molecule has 0 aliphatic heterocycles. The van der Waals surface area contributed by atoms with Crippen LogP contribution in [0.1, 0.15) is 10.4 Å². The van der Waals surface area contributed by atoms with Gasteiger partial charge in [-0.1, -0.05) is 18.2 Å². The number of nitrogens with zero attached hydrogens (tertiary/aromatic N) is 1. The fourth-order valence-electron chi connectivity index (χ4n) is 1.21. The van der Waals surface area contributed by atoms with Crippen LogP contribution in [0.25, 0.3) is 11.0 Å². The number of carbonyl (C=O) groups is 1. The van der Waals surface area contributed by atoms with Crippen LogP contribution in [0.3, 0.4) is 0 Å². The average Bonchev–Trinajstić information content (AvgIpc) is 2.60. The maximum atomic E-state index is 11.1. The molecule has 0 unspecified atom stereocenters. The SMILES string of the molecule is N#CC(=O)c1coc2ccccc12. The fraction of sp³-hybridized carbons (Fsp3) is 0. The Hall–Kier alpha value is -2.08. The number of fused-ring (bicyclic) bond motifs is 1. The molecule has 1 aromatic heterocycles. The van der Waals surface area contributed by atoms with Crippen molar-refractivity contribution in [3.05, 3.63) is 36.1 Å². The number of hydrogen-bond donors (Lipinski definition) is 0. The summed E-state index contributed by atoms with van der Waals surface area (Å²) in [5, 5.41) is 9.11. The molecule has 0 saturated heterocycles.